The van der Waals surface area contributed by atoms with E-state index in [2.05, 4.69) is 0 Å². The minimum Gasteiger partial charge on any atom is -0.507 e. The molecule has 33 heavy (non-hydrogen) atoms. The predicted octanol–water partition coefficient (Wildman–Crippen LogP) is 5.26. The van der Waals surface area contributed by atoms with Gasteiger partial charge in [0.25, 0.3) is 11.7 Å². The number of thiophene rings is 1. The molecule has 162 valence electrons. The number of carbonyl (C=O) groups excluding carboxylic acids is 2. The quantitative estimate of drug-likeness (QED) is 0.259. The first-order valence-electron chi connectivity index (χ1n) is 10.3. The Hall–Kier alpha value is -4.10. The lowest BCUT2D eigenvalue weighted by Gasteiger charge is -2.24. The van der Waals surface area contributed by atoms with Crippen LogP contribution >= 0.6 is 11.3 Å². The van der Waals surface area contributed by atoms with Crippen molar-refractivity contribution in [2.45, 2.75) is 6.04 Å². The summed E-state index contributed by atoms with van der Waals surface area (Å²) in [5.41, 5.74) is 1.05. The first-order valence-corrected chi connectivity index (χ1v) is 11.2. The number of hydrogen-bond donors (Lipinski definition) is 1. The van der Waals surface area contributed by atoms with Gasteiger partial charge in [-0.2, -0.15) is 0 Å². The van der Waals surface area contributed by atoms with Gasteiger partial charge in [0.05, 0.1) is 5.57 Å². The van der Waals surface area contributed by atoms with Crippen LogP contribution in [0.1, 0.15) is 16.5 Å². The summed E-state index contributed by atoms with van der Waals surface area (Å²) in [6.45, 7) is 0.105. The highest BCUT2D eigenvalue weighted by atomic mass is 32.1. The van der Waals surface area contributed by atoms with Crippen molar-refractivity contribution in [2.24, 2.45) is 0 Å². The van der Waals surface area contributed by atoms with Crippen molar-refractivity contribution in [1.82, 2.24) is 0 Å². The van der Waals surface area contributed by atoms with Crippen LogP contribution in [0.4, 0.5) is 5.69 Å². The van der Waals surface area contributed by atoms with Gasteiger partial charge in [-0.3, -0.25) is 14.5 Å². The van der Waals surface area contributed by atoms with Gasteiger partial charge in [-0.05, 0) is 40.4 Å². The van der Waals surface area contributed by atoms with Crippen LogP contribution in [0.5, 0.6) is 11.5 Å². The zero-order valence-electron chi connectivity index (χ0n) is 17.2. The Labute approximate surface area is 192 Å². The molecule has 0 saturated carbocycles. The van der Waals surface area contributed by atoms with E-state index in [0.717, 1.165) is 15.6 Å². The number of carbonyl (C=O) groups is 2. The molecule has 1 atom stereocenters. The molecule has 6 rings (SSSR count). The molecule has 1 fully saturated rings. The second kappa shape index (κ2) is 7.50. The highest BCUT2D eigenvalue weighted by molar-refractivity contribution is 7.10. The summed E-state index contributed by atoms with van der Waals surface area (Å²) in [6.07, 6.45) is 0. The van der Waals surface area contributed by atoms with Crippen molar-refractivity contribution in [3.63, 3.8) is 0 Å². The number of ether oxygens (including phenoxy) is 2. The molecule has 0 bridgehead atoms. The van der Waals surface area contributed by atoms with Gasteiger partial charge < -0.3 is 14.6 Å². The van der Waals surface area contributed by atoms with Gasteiger partial charge >= 0.3 is 0 Å². The Bertz CT molecular complexity index is 1460. The third-order valence-corrected chi connectivity index (χ3v) is 6.84. The van der Waals surface area contributed by atoms with E-state index in [1.807, 2.05) is 53.9 Å². The summed E-state index contributed by atoms with van der Waals surface area (Å²) in [5, 5.41) is 15.1. The molecule has 1 N–H and O–H groups in total. The van der Waals surface area contributed by atoms with E-state index in [1.54, 1.807) is 24.3 Å². The average molecular weight is 455 g/mol. The fraction of sp³-hybridized carbons (Fsp3) is 0.0769. The van der Waals surface area contributed by atoms with Gasteiger partial charge in [0, 0.05) is 22.2 Å². The molecule has 4 aromatic rings. The second-order valence-electron chi connectivity index (χ2n) is 7.78. The van der Waals surface area contributed by atoms with Crippen LogP contribution in [-0.2, 0) is 9.59 Å². The van der Waals surface area contributed by atoms with Crippen molar-refractivity contribution in [1.29, 1.82) is 0 Å². The number of nitrogens with zero attached hydrogens (tertiary/aromatic N) is 1. The third kappa shape index (κ3) is 3.08. The molecule has 1 aromatic heterocycles. The lowest BCUT2D eigenvalue weighted by Crippen LogP contribution is -2.29. The first-order chi connectivity index (χ1) is 16.1. The second-order valence-corrected chi connectivity index (χ2v) is 8.76. The van der Waals surface area contributed by atoms with Gasteiger partial charge in [-0.1, -0.05) is 42.5 Å². The Morgan fingerprint density at radius 3 is 2.55 bits per heavy atom. The topological polar surface area (TPSA) is 76.1 Å². The van der Waals surface area contributed by atoms with Crippen LogP contribution in [0.3, 0.4) is 0 Å². The number of Topliss-reactive ketones (excluding diaryl/α,β-unsaturated/α-hetero) is 1. The zero-order valence-corrected chi connectivity index (χ0v) is 18.0. The zero-order chi connectivity index (χ0) is 22.5. The molecule has 0 radical (unpaired) electrons. The minimum absolute atomic E-state index is 0.0652. The van der Waals surface area contributed by atoms with Crippen molar-refractivity contribution in [2.75, 3.05) is 11.7 Å². The molecule has 2 aliphatic heterocycles. The molecule has 1 amide bonds. The number of aliphatic hydroxyl groups excluding tert-OH is 1. The number of fused-ring (bicyclic) bond motifs is 2. The van der Waals surface area contributed by atoms with Gasteiger partial charge in [-0.25, -0.2) is 0 Å². The molecule has 1 unspecified atom stereocenters. The number of rotatable bonds is 3. The number of anilines is 1. The normalized spacial score (nSPS) is 18.9. The minimum atomic E-state index is -0.753. The Kier molecular flexibility index (Phi) is 4.45. The summed E-state index contributed by atoms with van der Waals surface area (Å²) in [4.78, 5) is 28.7. The lowest BCUT2D eigenvalue weighted by molar-refractivity contribution is -0.132. The average Bonchev–Trinajstić information content (AvgIpc) is 3.58. The SMILES string of the molecule is O=C1C(=O)N(c2ccc3c(c2)OCO3)C(c2cccs2)/C1=C(/O)c1ccc2ccccc2c1. The largest absolute Gasteiger partial charge is 0.507 e. The number of benzene rings is 3. The van der Waals surface area contributed by atoms with E-state index in [4.69, 9.17) is 9.47 Å². The number of aliphatic hydroxyl groups is 1. The monoisotopic (exact) mass is 455 g/mol. The van der Waals surface area contributed by atoms with E-state index in [-0.39, 0.29) is 18.1 Å². The molecule has 3 aromatic carbocycles. The third-order valence-electron chi connectivity index (χ3n) is 5.91. The Morgan fingerprint density at radius 2 is 1.73 bits per heavy atom. The molecule has 7 heteroatoms. The summed E-state index contributed by atoms with van der Waals surface area (Å²) < 4.78 is 10.8. The fourth-order valence-corrected chi connectivity index (χ4v) is 5.17. The number of hydrogen-bond acceptors (Lipinski definition) is 6. The van der Waals surface area contributed by atoms with Crippen LogP contribution in [-0.4, -0.2) is 23.6 Å². The fourth-order valence-electron chi connectivity index (χ4n) is 4.34. The van der Waals surface area contributed by atoms with Crippen molar-refractivity contribution in [3.05, 3.63) is 94.2 Å². The van der Waals surface area contributed by atoms with Crippen LogP contribution in [0, 0.1) is 0 Å². The van der Waals surface area contributed by atoms with Gasteiger partial charge in [0.1, 0.15) is 11.8 Å². The number of amides is 1. The van der Waals surface area contributed by atoms with Gasteiger partial charge in [-0.15, -0.1) is 11.3 Å². The Balaban J connectivity index is 1.53. The maximum absolute atomic E-state index is 13.2. The van der Waals surface area contributed by atoms with Gasteiger partial charge in [0.2, 0.25) is 6.79 Å². The standard InChI is InChI=1S/C26H17NO5S/c28-24(17-8-7-15-4-1-2-5-16(15)12-17)22-23(21-6-3-11-33-21)27(26(30)25(22)29)18-9-10-19-20(13-18)32-14-31-19/h1-13,23,28H,14H2/b24-22-. The maximum atomic E-state index is 13.2. The molecule has 6 nitrogen and oxygen atoms in total. The van der Waals surface area contributed by atoms with Crippen molar-refractivity contribution >= 4 is 45.2 Å². The van der Waals surface area contributed by atoms with Crippen molar-refractivity contribution in [3.8, 4) is 11.5 Å². The van der Waals surface area contributed by atoms with E-state index < -0.39 is 17.7 Å². The molecule has 1 saturated heterocycles. The van der Waals surface area contributed by atoms with Crippen LogP contribution < -0.4 is 14.4 Å². The maximum Gasteiger partial charge on any atom is 0.300 e. The van der Waals surface area contributed by atoms with E-state index in [9.17, 15) is 14.7 Å². The van der Waals surface area contributed by atoms with Gasteiger partial charge in [0.15, 0.2) is 11.5 Å². The molecule has 0 spiro atoms. The van der Waals surface area contributed by atoms with E-state index >= 15 is 0 Å². The molecule has 3 heterocycles. The van der Waals surface area contributed by atoms with Crippen molar-refractivity contribution < 1.29 is 24.2 Å². The lowest BCUT2D eigenvalue weighted by atomic mass is 9.98. The predicted molar refractivity (Wildman–Crippen MR) is 126 cm³/mol. The summed E-state index contributed by atoms with van der Waals surface area (Å²) in [6, 6.07) is 21.3. The Morgan fingerprint density at radius 1 is 0.909 bits per heavy atom. The first kappa shape index (κ1) is 19.6. The van der Waals surface area contributed by atoms with Crippen LogP contribution in [0.2, 0.25) is 0 Å². The molecular formula is C26H17NO5S. The van der Waals surface area contributed by atoms with Crippen LogP contribution in [0.15, 0.2) is 83.7 Å². The molecule has 2 aliphatic rings. The summed E-state index contributed by atoms with van der Waals surface area (Å²) in [5.74, 6) is -0.528. The highest BCUT2D eigenvalue weighted by Crippen LogP contribution is 2.46. The van der Waals surface area contributed by atoms with E-state index in [1.165, 1.54) is 16.2 Å². The van der Waals surface area contributed by atoms with E-state index in [0.29, 0.717) is 22.7 Å². The summed E-state index contributed by atoms with van der Waals surface area (Å²) in [7, 11) is 0. The molecule has 0 aliphatic carbocycles. The number of ketones is 1. The van der Waals surface area contributed by atoms with Crippen LogP contribution in [0.25, 0.3) is 16.5 Å². The smallest absolute Gasteiger partial charge is 0.300 e. The molecular weight excluding hydrogens is 438 g/mol. The summed E-state index contributed by atoms with van der Waals surface area (Å²) >= 11 is 1.42. The highest BCUT2D eigenvalue weighted by Gasteiger charge is 2.47.